The molecule has 0 aliphatic rings. The zero-order valence-corrected chi connectivity index (χ0v) is 11.3. The molecule has 90 valence electrons. The Morgan fingerprint density at radius 3 is 2.94 bits per heavy atom. The third-order valence-electron chi connectivity index (χ3n) is 2.13. The summed E-state index contributed by atoms with van der Waals surface area (Å²) in [4.78, 5) is 11.9. The van der Waals surface area contributed by atoms with E-state index in [-0.39, 0.29) is 0 Å². The molecule has 2 aromatic rings. The lowest BCUT2D eigenvalue weighted by atomic mass is 10.3. The van der Waals surface area contributed by atoms with Crippen LogP contribution in [-0.2, 0) is 17.8 Å². The molecule has 0 saturated carbocycles. The van der Waals surface area contributed by atoms with Crippen molar-refractivity contribution < 1.29 is 4.74 Å². The van der Waals surface area contributed by atoms with Crippen molar-refractivity contribution in [2.75, 3.05) is 7.11 Å². The Hall–Kier alpha value is -1.11. The van der Waals surface area contributed by atoms with Crippen molar-refractivity contribution in [2.45, 2.75) is 20.0 Å². The number of hydrogen-bond donors (Lipinski definition) is 1. The highest BCUT2D eigenvalue weighted by molar-refractivity contribution is 7.71. The highest BCUT2D eigenvalue weighted by Gasteiger charge is 2.04. The van der Waals surface area contributed by atoms with Crippen LogP contribution in [0.1, 0.15) is 22.2 Å². The molecule has 0 radical (unpaired) electrons. The molecule has 0 bridgehead atoms. The summed E-state index contributed by atoms with van der Waals surface area (Å²) in [5.74, 6) is 0.832. The molecular formula is C11H13N3OS2. The van der Waals surface area contributed by atoms with Crippen LogP contribution in [0.3, 0.4) is 0 Å². The first-order valence-corrected chi connectivity index (χ1v) is 6.45. The Morgan fingerprint density at radius 1 is 1.47 bits per heavy atom. The van der Waals surface area contributed by atoms with Gasteiger partial charge < -0.3 is 9.72 Å². The minimum absolute atomic E-state index is 0.510. The maximum atomic E-state index is 5.12. The van der Waals surface area contributed by atoms with Crippen LogP contribution in [-0.4, -0.2) is 22.1 Å². The molecule has 2 rings (SSSR count). The largest absolute Gasteiger partial charge is 0.378 e. The van der Waals surface area contributed by atoms with E-state index in [1.807, 2.05) is 18.4 Å². The van der Waals surface area contributed by atoms with Gasteiger partial charge in [-0.2, -0.15) is 0 Å². The van der Waals surface area contributed by atoms with Gasteiger partial charge in [0.25, 0.3) is 0 Å². The lowest BCUT2D eigenvalue weighted by Gasteiger charge is -2.03. The van der Waals surface area contributed by atoms with Gasteiger partial charge in [0.1, 0.15) is 15.5 Å². The van der Waals surface area contributed by atoms with Crippen molar-refractivity contribution in [1.29, 1.82) is 0 Å². The van der Waals surface area contributed by atoms with Crippen LogP contribution in [0, 0.1) is 11.6 Å². The maximum Gasteiger partial charge on any atom is 0.130 e. The topological polar surface area (TPSA) is 50.8 Å². The second kappa shape index (κ2) is 5.48. The van der Waals surface area contributed by atoms with Crippen LogP contribution >= 0.6 is 23.6 Å². The van der Waals surface area contributed by atoms with Crippen molar-refractivity contribution in [1.82, 2.24) is 15.0 Å². The number of aromatic nitrogens is 3. The predicted molar refractivity (Wildman–Crippen MR) is 69.8 cm³/mol. The van der Waals surface area contributed by atoms with Crippen LogP contribution < -0.4 is 0 Å². The van der Waals surface area contributed by atoms with Crippen LogP contribution in [0.15, 0.2) is 11.4 Å². The zero-order chi connectivity index (χ0) is 12.3. The molecule has 0 aromatic carbocycles. The maximum absolute atomic E-state index is 5.12. The van der Waals surface area contributed by atoms with Gasteiger partial charge >= 0.3 is 0 Å². The molecule has 2 aromatic heterocycles. The van der Waals surface area contributed by atoms with E-state index >= 15 is 0 Å². The summed E-state index contributed by atoms with van der Waals surface area (Å²) in [5.41, 5.74) is 1.98. The molecule has 0 saturated heterocycles. The fraction of sp³-hybridized carbons (Fsp3) is 0.364. The van der Waals surface area contributed by atoms with Gasteiger partial charge in [0.2, 0.25) is 0 Å². The molecule has 0 atom stereocenters. The molecular weight excluding hydrogens is 254 g/mol. The van der Waals surface area contributed by atoms with Gasteiger partial charge in [0, 0.05) is 23.9 Å². The van der Waals surface area contributed by atoms with E-state index in [2.05, 4.69) is 15.0 Å². The number of ether oxygens (including phenoxy) is 1. The lowest BCUT2D eigenvalue weighted by Crippen LogP contribution is -2.01. The molecule has 1 N–H and O–H groups in total. The number of aromatic amines is 1. The molecule has 0 unspecified atom stereocenters. The van der Waals surface area contributed by atoms with Gasteiger partial charge in [-0.1, -0.05) is 12.2 Å². The normalized spacial score (nSPS) is 10.7. The van der Waals surface area contributed by atoms with Crippen molar-refractivity contribution in [2.24, 2.45) is 0 Å². The van der Waals surface area contributed by atoms with Crippen molar-refractivity contribution in [3.05, 3.63) is 38.3 Å². The number of methoxy groups -OCH3 is 1. The highest BCUT2D eigenvalue weighted by Crippen LogP contribution is 2.12. The predicted octanol–water partition coefficient (Wildman–Crippen LogP) is 2.64. The highest BCUT2D eigenvalue weighted by atomic mass is 32.1. The summed E-state index contributed by atoms with van der Waals surface area (Å²) < 4.78 is 5.66. The van der Waals surface area contributed by atoms with E-state index in [1.165, 1.54) is 0 Å². The molecule has 0 spiro atoms. The van der Waals surface area contributed by atoms with Crippen LogP contribution in [0.5, 0.6) is 0 Å². The average Bonchev–Trinajstić information content (AvgIpc) is 2.63. The molecule has 2 heterocycles. The fourth-order valence-corrected chi connectivity index (χ4v) is 2.54. The zero-order valence-electron chi connectivity index (χ0n) is 9.69. The number of nitrogens with zero attached hydrogens (tertiary/aromatic N) is 2. The van der Waals surface area contributed by atoms with Crippen LogP contribution in [0.25, 0.3) is 0 Å². The quantitative estimate of drug-likeness (QED) is 0.865. The first-order valence-electron chi connectivity index (χ1n) is 5.16. The Balaban J connectivity index is 2.23. The molecule has 4 nitrogen and oxygen atoms in total. The van der Waals surface area contributed by atoms with Gasteiger partial charge in [0.05, 0.1) is 13.0 Å². The van der Waals surface area contributed by atoms with Crippen molar-refractivity contribution >= 4 is 23.6 Å². The first-order chi connectivity index (χ1) is 8.17. The standard InChI is InChI=1S/C11H13N3OS2/c1-7-6-17-11(12-7)4-9-13-8(5-15-2)3-10(16)14-9/h3,6H,4-5H2,1-2H3,(H,13,14,16). The third kappa shape index (κ3) is 3.42. The van der Waals surface area contributed by atoms with E-state index < -0.39 is 0 Å². The second-order valence-corrected chi connectivity index (χ2v) is 5.04. The Bertz CT molecular complexity index is 562. The minimum atomic E-state index is 0.510. The number of rotatable bonds is 4. The number of aryl methyl sites for hydroxylation is 1. The van der Waals surface area contributed by atoms with E-state index in [0.29, 0.717) is 17.7 Å². The number of hydrogen-bond acceptors (Lipinski definition) is 5. The average molecular weight is 267 g/mol. The summed E-state index contributed by atoms with van der Waals surface area (Å²) in [6.07, 6.45) is 0.680. The van der Waals surface area contributed by atoms with Gasteiger partial charge in [-0.15, -0.1) is 11.3 Å². The van der Waals surface area contributed by atoms with Crippen LogP contribution in [0.2, 0.25) is 0 Å². The minimum Gasteiger partial charge on any atom is -0.378 e. The first kappa shape index (κ1) is 12.3. The molecule has 0 amide bonds. The summed E-state index contributed by atoms with van der Waals surface area (Å²) in [6.45, 7) is 2.49. The Morgan fingerprint density at radius 2 is 2.29 bits per heavy atom. The summed E-state index contributed by atoms with van der Waals surface area (Å²) in [7, 11) is 1.65. The third-order valence-corrected chi connectivity index (χ3v) is 3.31. The summed E-state index contributed by atoms with van der Waals surface area (Å²) in [6, 6.07) is 1.81. The van der Waals surface area contributed by atoms with Gasteiger partial charge in [-0.3, -0.25) is 0 Å². The smallest absolute Gasteiger partial charge is 0.130 e. The molecule has 0 aliphatic carbocycles. The molecule has 17 heavy (non-hydrogen) atoms. The Labute approximate surface area is 109 Å². The molecule has 6 heteroatoms. The van der Waals surface area contributed by atoms with E-state index in [1.54, 1.807) is 18.4 Å². The van der Waals surface area contributed by atoms with Gasteiger partial charge in [-0.05, 0) is 13.0 Å². The van der Waals surface area contributed by atoms with Crippen LogP contribution in [0.4, 0.5) is 0 Å². The van der Waals surface area contributed by atoms with Gasteiger partial charge in [0.15, 0.2) is 0 Å². The Kier molecular flexibility index (Phi) is 3.98. The molecule has 0 aliphatic heterocycles. The number of thiazole rings is 1. The summed E-state index contributed by atoms with van der Waals surface area (Å²) >= 11 is 6.75. The summed E-state index contributed by atoms with van der Waals surface area (Å²) in [5, 5.41) is 3.07. The SMILES string of the molecule is COCc1cc(=S)nc(Cc2nc(C)cs2)[nH]1. The fourth-order valence-electron chi connectivity index (χ4n) is 1.51. The monoisotopic (exact) mass is 267 g/mol. The van der Waals surface area contributed by atoms with E-state index in [0.717, 1.165) is 22.2 Å². The number of nitrogens with one attached hydrogen (secondary N) is 1. The van der Waals surface area contributed by atoms with E-state index in [9.17, 15) is 0 Å². The van der Waals surface area contributed by atoms with Crippen molar-refractivity contribution in [3.63, 3.8) is 0 Å². The lowest BCUT2D eigenvalue weighted by molar-refractivity contribution is 0.181. The van der Waals surface area contributed by atoms with Crippen molar-refractivity contribution in [3.8, 4) is 0 Å². The molecule has 0 fully saturated rings. The van der Waals surface area contributed by atoms with E-state index in [4.69, 9.17) is 17.0 Å². The van der Waals surface area contributed by atoms with Gasteiger partial charge in [-0.25, -0.2) is 9.97 Å². The number of H-pyrrole nitrogens is 1. The second-order valence-electron chi connectivity index (χ2n) is 3.68.